The lowest BCUT2D eigenvalue weighted by Gasteiger charge is -2.09. The van der Waals surface area contributed by atoms with Gasteiger partial charge in [-0.25, -0.2) is 14.3 Å². The van der Waals surface area contributed by atoms with Gasteiger partial charge >= 0.3 is 11.9 Å². The molecule has 0 radical (unpaired) electrons. The molecule has 28 heavy (non-hydrogen) atoms. The van der Waals surface area contributed by atoms with Gasteiger partial charge in [0.05, 0.1) is 12.3 Å². The molecule has 142 valence electrons. The standard InChI is InChI=1S/C22H20N2O4/c1-14-8-9-17(15(2)12-14)20-18(21(25)28-19-10-11-27-22(19)26)13-24(23-20)16-6-4-3-5-7-16/h3-9,12-13,19H,10-11H2,1-2H3/t19-/m1/s1. The second-order valence-corrected chi connectivity index (χ2v) is 6.84. The van der Waals surface area contributed by atoms with Crippen LogP contribution in [0.25, 0.3) is 16.9 Å². The molecule has 3 aromatic rings. The third kappa shape index (κ3) is 3.41. The van der Waals surface area contributed by atoms with Crippen molar-refractivity contribution in [3.8, 4) is 16.9 Å². The summed E-state index contributed by atoms with van der Waals surface area (Å²) >= 11 is 0. The average Bonchev–Trinajstić information content (AvgIpc) is 3.29. The first-order valence-corrected chi connectivity index (χ1v) is 9.13. The Kier molecular flexibility index (Phi) is 4.69. The summed E-state index contributed by atoms with van der Waals surface area (Å²) in [5, 5.41) is 4.66. The van der Waals surface area contributed by atoms with Crippen molar-refractivity contribution >= 4 is 11.9 Å². The fraction of sp³-hybridized carbons (Fsp3) is 0.227. The third-order valence-electron chi connectivity index (χ3n) is 4.73. The number of esters is 2. The predicted molar refractivity (Wildman–Crippen MR) is 103 cm³/mol. The summed E-state index contributed by atoms with van der Waals surface area (Å²) < 4.78 is 12.0. The number of aromatic nitrogens is 2. The summed E-state index contributed by atoms with van der Waals surface area (Å²) in [6.45, 7) is 4.26. The molecule has 0 bridgehead atoms. The number of benzene rings is 2. The molecule has 2 heterocycles. The maximum absolute atomic E-state index is 12.9. The van der Waals surface area contributed by atoms with Gasteiger partial charge < -0.3 is 9.47 Å². The Hall–Kier alpha value is -3.41. The summed E-state index contributed by atoms with van der Waals surface area (Å²) in [6, 6.07) is 15.5. The Balaban J connectivity index is 1.77. The summed E-state index contributed by atoms with van der Waals surface area (Å²) in [4.78, 5) is 24.6. The van der Waals surface area contributed by atoms with E-state index in [1.54, 1.807) is 10.9 Å². The minimum absolute atomic E-state index is 0.268. The van der Waals surface area contributed by atoms with Gasteiger partial charge in [-0.3, -0.25) is 0 Å². The Labute approximate surface area is 162 Å². The smallest absolute Gasteiger partial charge is 0.347 e. The Bertz CT molecular complexity index is 1040. The second kappa shape index (κ2) is 7.31. The Morgan fingerprint density at radius 1 is 1.18 bits per heavy atom. The molecule has 1 aromatic heterocycles. The molecule has 6 heteroatoms. The van der Waals surface area contributed by atoms with E-state index in [0.29, 0.717) is 17.7 Å². The Morgan fingerprint density at radius 3 is 2.64 bits per heavy atom. The fourth-order valence-electron chi connectivity index (χ4n) is 3.29. The van der Waals surface area contributed by atoms with Gasteiger partial charge in [0.15, 0.2) is 0 Å². The number of aryl methyl sites for hydroxylation is 2. The minimum atomic E-state index is -0.862. The van der Waals surface area contributed by atoms with Crippen molar-refractivity contribution in [2.75, 3.05) is 6.61 Å². The van der Waals surface area contributed by atoms with Crippen molar-refractivity contribution in [1.82, 2.24) is 9.78 Å². The SMILES string of the molecule is Cc1ccc(-c2nn(-c3ccccc3)cc2C(=O)O[C@@H]2CCOC2=O)c(C)c1. The van der Waals surface area contributed by atoms with Gasteiger partial charge in [-0.05, 0) is 31.5 Å². The van der Waals surface area contributed by atoms with Gasteiger partial charge in [-0.1, -0.05) is 42.0 Å². The normalized spacial score (nSPS) is 16.1. The number of cyclic esters (lactones) is 1. The highest BCUT2D eigenvalue weighted by atomic mass is 16.6. The van der Waals surface area contributed by atoms with Crippen LogP contribution >= 0.6 is 0 Å². The molecule has 1 aliphatic rings. The Morgan fingerprint density at radius 2 is 1.96 bits per heavy atom. The first kappa shape index (κ1) is 18.0. The van der Waals surface area contributed by atoms with Gasteiger partial charge in [0.2, 0.25) is 6.10 Å². The first-order valence-electron chi connectivity index (χ1n) is 9.13. The average molecular weight is 376 g/mol. The van der Waals surface area contributed by atoms with Gasteiger partial charge in [-0.2, -0.15) is 5.10 Å². The van der Waals surface area contributed by atoms with Gasteiger partial charge in [0, 0.05) is 18.2 Å². The van der Waals surface area contributed by atoms with Crippen LogP contribution in [0.5, 0.6) is 0 Å². The zero-order chi connectivity index (χ0) is 19.7. The van der Waals surface area contributed by atoms with Crippen LogP contribution in [0.2, 0.25) is 0 Å². The van der Waals surface area contributed by atoms with Crippen molar-refractivity contribution in [3.63, 3.8) is 0 Å². The van der Waals surface area contributed by atoms with E-state index >= 15 is 0 Å². The number of carbonyl (C=O) groups is 2. The maximum atomic E-state index is 12.9. The second-order valence-electron chi connectivity index (χ2n) is 6.84. The van der Waals surface area contributed by atoms with Crippen LogP contribution in [0.1, 0.15) is 27.9 Å². The van der Waals surface area contributed by atoms with Crippen LogP contribution in [0.3, 0.4) is 0 Å². The van der Waals surface area contributed by atoms with E-state index in [9.17, 15) is 9.59 Å². The highest BCUT2D eigenvalue weighted by Crippen LogP contribution is 2.28. The van der Waals surface area contributed by atoms with Crippen molar-refractivity contribution in [1.29, 1.82) is 0 Å². The van der Waals surface area contributed by atoms with E-state index in [0.717, 1.165) is 22.4 Å². The van der Waals surface area contributed by atoms with Crippen molar-refractivity contribution < 1.29 is 19.1 Å². The van der Waals surface area contributed by atoms with Crippen LogP contribution in [-0.4, -0.2) is 34.4 Å². The summed E-state index contributed by atoms with van der Waals surface area (Å²) in [5.41, 5.74) is 4.65. The van der Waals surface area contributed by atoms with E-state index in [-0.39, 0.29) is 6.61 Å². The molecule has 0 unspecified atom stereocenters. The van der Waals surface area contributed by atoms with Crippen molar-refractivity contribution in [3.05, 3.63) is 71.4 Å². The van der Waals surface area contributed by atoms with Crippen molar-refractivity contribution in [2.24, 2.45) is 0 Å². The van der Waals surface area contributed by atoms with Crippen LogP contribution in [-0.2, 0) is 14.3 Å². The van der Waals surface area contributed by atoms with E-state index < -0.39 is 18.0 Å². The molecule has 1 saturated heterocycles. The van der Waals surface area contributed by atoms with E-state index in [1.807, 2.05) is 62.4 Å². The number of nitrogens with zero attached hydrogens (tertiary/aromatic N) is 2. The number of hydrogen-bond donors (Lipinski definition) is 0. The summed E-state index contributed by atoms with van der Waals surface area (Å²) in [7, 11) is 0. The highest BCUT2D eigenvalue weighted by molar-refractivity contribution is 5.97. The van der Waals surface area contributed by atoms with E-state index in [2.05, 4.69) is 5.10 Å². The fourth-order valence-corrected chi connectivity index (χ4v) is 3.29. The van der Waals surface area contributed by atoms with Crippen LogP contribution in [0, 0.1) is 13.8 Å². The number of carbonyl (C=O) groups excluding carboxylic acids is 2. The zero-order valence-electron chi connectivity index (χ0n) is 15.7. The number of rotatable bonds is 4. The number of ether oxygens (including phenoxy) is 2. The van der Waals surface area contributed by atoms with Crippen molar-refractivity contribution in [2.45, 2.75) is 26.4 Å². The zero-order valence-corrected chi connectivity index (χ0v) is 15.7. The van der Waals surface area contributed by atoms with Gasteiger partial charge in [-0.15, -0.1) is 0 Å². The minimum Gasteiger partial charge on any atom is -0.463 e. The monoisotopic (exact) mass is 376 g/mol. The lowest BCUT2D eigenvalue weighted by Crippen LogP contribution is -2.22. The quantitative estimate of drug-likeness (QED) is 0.651. The molecule has 1 atom stereocenters. The van der Waals surface area contributed by atoms with Gasteiger partial charge in [0.1, 0.15) is 11.3 Å². The predicted octanol–water partition coefficient (Wildman–Crippen LogP) is 3.63. The molecule has 0 aliphatic carbocycles. The van der Waals surface area contributed by atoms with Gasteiger partial charge in [0.25, 0.3) is 0 Å². The van der Waals surface area contributed by atoms with Crippen LogP contribution in [0.4, 0.5) is 0 Å². The largest absolute Gasteiger partial charge is 0.463 e. The molecule has 6 nitrogen and oxygen atoms in total. The molecule has 0 amide bonds. The molecule has 4 rings (SSSR count). The van der Waals surface area contributed by atoms with Crippen LogP contribution < -0.4 is 0 Å². The maximum Gasteiger partial charge on any atom is 0.347 e. The molecule has 1 fully saturated rings. The van der Waals surface area contributed by atoms with E-state index in [1.165, 1.54) is 0 Å². The lowest BCUT2D eigenvalue weighted by molar-refractivity contribution is -0.145. The molecule has 0 spiro atoms. The molecule has 2 aromatic carbocycles. The number of hydrogen-bond acceptors (Lipinski definition) is 5. The summed E-state index contributed by atoms with van der Waals surface area (Å²) in [5.74, 6) is -1.09. The number of para-hydroxylation sites is 1. The third-order valence-corrected chi connectivity index (χ3v) is 4.73. The first-order chi connectivity index (χ1) is 13.5. The van der Waals surface area contributed by atoms with Crippen LogP contribution in [0.15, 0.2) is 54.7 Å². The topological polar surface area (TPSA) is 70.4 Å². The highest BCUT2D eigenvalue weighted by Gasteiger charge is 2.32. The molecule has 0 N–H and O–H groups in total. The molecule has 0 saturated carbocycles. The molecular weight excluding hydrogens is 356 g/mol. The molecular formula is C22H20N2O4. The lowest BCUT2D eigenvalue weighted by atomic mass is 10.0. The summed E-state index contributed by atoms with van der Waals surface area (Å²) in [6.07, 6.45) is 1.16. The molecule has 1 aliphatic heterocycles. The van der Waals surface area contributed by atoms with E-state index in [4.69, 9.17) is 9.47 Å².